The molecule has 5 heteroatoms. The van der Waals surface area contributed by atoms with Crippen LogP contribution in [0.15, 0.2) is 28.7 Å². The van der Waals surface area contributed by atoms with E-state index in [0.29, 0.717) is 5.92 Å². The number of nitrogens with one attached hydrogen (secondary N) is 1. The van der Waals surface area contributed by atoms with Crippen molar-refractivity contribution in [3.63, 3.8) is 0 Å². The maximum absolute atomic E-state index is 12.0. The first kappa shape index (κ1) is 15.0. The quantitative estimate of drug-likeness (QED) is 0.908. The van der Waals surface area contributed by atoms with Crippen molar-refractivity contribution in [3.05, 3.63) is 34.3 Å². The minimum absolute atomic E-state index is 0.0357. The molecule has 0 saturated heterocycles. The minimum Gasteiger partial charge on any atom is -0.212 e. The second kappa shape index (κ2) is 5.94. The molecule has 0 unspecified atom stereocenters. The molecule has 1 aliphatic carbocycles. The van der Waals surface area contributed by atoms with Crippen molar-refractivity contribution >= 4 is 26.0 Å². The molecule has 1 aliphatic rings. The summed E-state index contributed by atoms with van der Waals surface area (Å²) in [6.45, 7) is 3.43. The van der Waals surface area contributed by atoms with Gasteiger partial charge < -0.3 is 0 Å². The molecule has 106 valence electrons. The summed E-state index contributed by atoms with van der Waals surface area (Å²) in [6.07, 6.45) is 3.05. The summed E-state index contributed by atoms with van der Waals surface area (Å²) >= 11 is 3.43. The van der Waals surface area contributed by atoms with Crippen molar-refractivity contribution in [2.24, 2.45) is 0 Å². The molecule has 1 aromatic carbocycles. The summed E-state index contributed by atoms with van der Waals surface area (Å²) in [4.78, 5) is 0. The zero-order chi connectivity index (χ0) is 14.0. The second-order valence-corrected chi connectivity index (χ2v) is 8.59. The normalized spacial score (nSPS) is 24.0. The van der Waals surface area contributed by atoms with E-state index in [2.05, 4.69) is 32.8 Å². The van der Waals surface area contributed by atoms with Gasteiger partial charge in [-0.05, 0) is 44.4 Å². The first-order valence-corrected chi connectivity index (χ1v) is 9.00. The van der Waals surface area contributed by atoms with E-state index in [1.165, 1.54) is 5.56 Å². The lowest BCUT2D eigenvalue weighted by Crippen LogP contribution is -2.40. The Morgan fingerprint density at radius 1 is 1.21 bits per heavy atom. The molecule has 2 atom stereocenters. The Balaban J connectivity index is 2.15. The molecule has 1 aromatic rings. The molecule has 1 fully saturated rings. The Labute approximate surface area is 124 Å². The number of hydrogen-bond donors (Lipinski definition) is 1. The van der Waals surface area contributed by atoms with E-state index >= 15 is 0 Å². The number of benzene rings is 1. The van der Waals surface area contributed by atoms with Crippen LogP contribution in [-0.2, 0) is 10.0 Å². The van der Waals surface area contributed by atoms with E-state index in [1.54, 1.807) is 13.8 Å². The zero-order valence-electron chi connectivity index (χ0n) is 11.3. The first-order chi connectivity index (χ1) is 8.90. The van der Waals surface area contributed by atoms with Crippen LogP contribution in [0.3, 0.4) is 0 Å². The van der Waals surface area contributed by atoms with Gasteiger partial charge in [0.1, 0.15) is 0 Å². The molecule has 0 aromatic heterocycles. The van der Waals surface area contributed by atoms with Gasteiger partial charge in [-0.3, -0.25) is 0 Å². The van der Waals surface area contributed by atoms with Crippen molar-refractivity contribution in [2.75, 3.05) is 0 Å². The van der Waals surface area contributed by atoms with E-state index in [-0.39, 0.29) is 11.3 Å². The Kier molecular flexibility index (Phi) is 4.69. The van der Waals surface area contributed by atoms with Crippen LogP contribution in [0.5, 0.6) is 0 Å². The molecule has 2 rings (SSSR count). The van der Waals surface area contributed by atoms with E-state index < -0.39 is 10.0 Å². The van der Waals surface area contributed by atoms with Gasteiger partial charge in [0.15, 0.2) is 0 Å². The van der Waals surface area contributed by atoms with Crippen molar-refractivity contribution in [2.45, 2.75) is 50.3 Å². The average molecular weight is 346 g/mol. The number of rotatable bonds is 4. The Morgan fingerprint density at radius 2 is 1.84 bits per heavy atom. The van der Waals surface area contributed by atoms with Crippen LogP contribution in [-0.4, -0.2) is 19.7 Å². The predicted octanol–water partition coefficient (Wildman–Crippen LogP) is 3.41. The zero-order valence-corrected chi connectivity index (χ0v) is 13.7. The van der Waals surface area contributed by atoms with Crippen LogP contribution in [0.1, 0.15) is 44.6 Å². The molecule has 1 saturated carbocycles. The third-order valence-corrected chi connectivity index (χ3v) is 6.15. The summed E-state index contributed by atoms with van der Waals surface area (Å²) in [5.41, 5.74) is 1.22. The van der Waals surface area contributed by atoms with Gasteiger partial charge in [-0.1, -0.05) is 34.5 Å². The van der Waals surface area contributed by atoms with Crippen LogP contribution in [0.4, 0.5) is 0 Å². The molecule has 0 bridgehead atoms. The highest BCUT2D eigenvalue weighted by molar-refractivity contribution is 9.10. The minimum atomic E-state index is -3.19. The van der Waals surface area contributed by atoms with Crippen molar-refractivity contribution in [1.82, 2.24) is 4.72 Å². The Bertz CT molecular complexity index is 525. The van der Waals surface area contributed by atoms with Crippen LogP contribution in [0.25, 0.3) is 0 Å². The van der Waals surface area contributed by atoms with E-state index in [9.17, 15) is 8.42 Å². The predicted molar refractivity (Wildman–Crippen MR) is 81.7 cm³/mol. The summed E-state index contributed by atoms with van der Waals surface area (Å²) in [6, 6.07) is 8.23. The summed E-state index contributed by atoms with van der Waals surface area (Å²) in [5.74, 6) is 0.293. The molecule has 1 N–H and O–H groups in total. The SMILES string of the molecule is CC(C)S(=O)(=O)N[C@H]1CCC[C@@H]1c1ccc(Br)cc1. The monoisotopic (exact) mass is 345 g/mol. The lowest BCUT2D eigenvalue weighted by molar-refractivity contribution is 0.519. The van der Waals surface area contributed by atoms with Gasteiger partial charge >= 0.3 is 0 Å². The maximum atomic E-state index is 12.0. The number of sulfonamides is 1. The van der Waals surface area contributed by atoms with E-state index in [4.69, 9.17) is 0 Å². The third-order valence-electron chi connectivity index (χ3n) is 3.75. The molecule has 3 nitrogen and oxygen atoms in total. The lowest BCUT2D eigenvalue weighted by atomic mass is 9.95. The molecule has 0 heterocycles. The standard InChI is InChI=1S/C14H20BrNO2S/c1-10(2)19(17,18)16-14-5-3-4-13(14)11-6-8-12(15)9-7-11/h6-10,13-14,16H,3-5H2,1-2H3/t13-,14+/m1/s1. The lowest BCUT2D eigenvalue weighted by Gasteiger charge is -2.22. The highest BCUT2D eigenvalue weighted by Crippen LogP contribution is 2.35. The van der Waals surface area contributed by atoms with Gasteiger partial charge in [-0.2, -0.15) is 0 Å². The highest BCUT2D eigenvalue weighted by atomic mass is 79.9. The molecule has 19 heavy (non-hydrogen) atoms. The van der Waals surface area contributed by atoms with Gasteiger partial charge in [-0.25, -0.2) is 13.1 Å². The molecule has 0 radical (unpaired) electrons. The van der Waals surface area contributed by atoms with Crippen LogP contribution >= 0.6 is 15.9 Å². The fraction of sp³-hybridized carbons (Fsp3) is 0.571. The van der Waals surface area contributed by atoms with Crippen molar-refractivity contribution in [1.29, 1.82) is 0 Å². The number of halogens is 1. The molecule has 0 spiro atoms. The van der Waals surface area contributed by atoms with Crippen LogP contribution < -0.4 is 4.72 Å². The smallest absolute Gasteiger partial charge is 0.212 e. The van der Waals surface area contributed by atoms with Gasteiger partial charge in [0.05, 0.1) is 5.25 Å². The fourth-order valence-corrected chi connectivity index (χ4v) is 3.80. The van der Waals surface area contributed by atoms with Gasteiger partial charge in [0, 0.05) is 16.4 Å². The van der Waals surface area contributed by atoms with Gasteiger partial charge in [-0.15, -0.1) is 0 Å². The van der Waals surface area contributed by atoms with E-state index in [0.717, 1.165) is 23.7 Å². The Hall–Kier alpha value is -0.390. The summed E-state index contributed by atoms with van der Waals surface area (Å²) in [7, 11) is -3.19. The summed E-state index contributed by atoms with van der Waals surface area (Å²) < 4.78 is 27.9. The van der Waals surface area contributed by atoms with Gasteiger partial charge in [0.2, 0.25) is 10.0 Å². The average Bonchev–Trinajstić information content (AvgIpc) is 2.77. The largest absolute Gasteiger partial charge is 0.214 e. The topological polar surface area (TPSA) is 46.2 Å². The molecular formula is C14H20BrNO2S. The fourth-order valence-electron chi connectivity index (χ4n) is 2.56. The maximum Gasteiger partial charge on any atom is 0.214 e. The van der Waals surface area contributed by atoms with E-state index in [1.807, 2.05) is 12.1 Å². The Morgan fingerprint density at radius 3 is 2.42 bits per heavy atom. The number of hydrogen-bond acceptors (Lipinski definition) is 2. The highest BCUT2D eigenvalue weighted by Gasteiger charge is 2.32. The second-order valence-electron chi connectivity index (χ2n) is 5.41. The van der Waals surface area contributed by atoms with Crippen molar-refractivity contribution in [3.8, 4) is 0 Å². The molecular weight excluding hydrogens is 326 g/mol. The first-order valence-electron chi connectivity index (χ1n) is 6.67. The molecule has 0 amide bonds. The van der Waals surface area contributed by atoms with Crippen LogP contribution in [0, 0.1) is 0 Å². The van der Waals surface area contributed by atoms with Gasteiger partial charge in [0.25, 0.3) is 0 Å². The van der Waals surface area contributed by atoms with Crippen LogP contribution in [0.2, 0.25) is 0 Å². The third kappa shape index (κ3) is 3.58. The van der Waals surface area contributed by atoms with Crippen molar-refractivity contribution < 1.29 is 8.42 Å². The summed E-state index contributed by atoms with van der Waals surface area (Å²) in [5, 5.41) is -0.376. The molecule has 0 aliphatic heterocycles.